The third-order valence-electron chi connectivity index (χ3n) is 3.93. The largest absolute Gasteiger partial charge is 0.313 e. The molecule has 0 fully saturated rings. The molecule has 1 aromatic rings. The van der Waals surface area contributed by atoms with Crippen molar-refractivity contribution in [3.63, 3.8) is 0 Å². The Bertz CT molecular complexity index is 369. The van der Waals surface area contributed by atoms with Gasteiger partial charge < -0.3 is 5.32 Å². The predicted molar refractivity (Wildman–Crippen MR) is 93.9 cm³/mol. The number of hydrogen-bond donors (Lipinski definition) is 1. The maximum Gasteiger partial charge on any atom is 0.0198 e. The molecule has 0 spiro atoms. The minimum Gasteiger partial charge on any atom is -0.313 e. The molecule has 20 heavy (non-hydrogen) atoms. The lowest BCUT2D eigenvalue weighted by Gasteiger charge is -2.22. The van der Waals surface area contributed by atoms with Gasteiger partial charge in [0.05, 0.1) is 0 Å². The van der Waals surface area contributed by atoms with Crippen LogP contribution in [0.3, 0.4) is 0 Å². The fraction of sp³-hybridized carbons (Fsp3) is 0.667. The Morgan fingerprint density at radius 2 is 1.80 bits per heavy atom. The smallest absolute Gasteiger partial charge is 0.0198 e. The van der Waals surface area contributed by atoms with Crippen LogP contribution in [-0.2, 0) is 6.42 Å². The number of rotatable bonds is 9. The van der Waals surface area contributed by atoms with Crippen molar-refractivity contribution < 1.29 is 0 Å². The highest BCUT2D eigenvalue weighted by molar-refractivity contribution is 7.99. The first-order valence-electron chi connectivity index (χ1n) is 7.98. The lowest BCUT2D eigenvalue weighted by molar-refractivity contribution is 0.547. The summed E-state index contributed by atoms with van der Waals surface area (Å²) in [7, 11) is 0. The Balaban J connectivity index is 2.68. The molecule has 1 nitrogen and oxygen atoms in total. The van der Waals surface area contributed by atoms with Crippen molar-refractivity contribution >= 4 is 11.8 Å². The molecule has 1 rings (SSSR count). The fourth-order valence-corrected chi connectivity index (χ4v) is 3.39. The van der Waals surface area contributed by atoms with Crippen molar-refractivity contribution in [2.45, 2.75) is 65.2 Å². The lowest BCUT2D eigenvalue weighted by Crippen LogP contribution is -2.35. The van der Waals surface area contributed by atoms with E-state index in [1.807, 2.05) is 0 Å². The molecule has 2 heteroatoms. The van der Waals surface area contributed by atoms with Crippen LogP contribution < -0.4 is 5.32 Å². The van der Waals surface area contributed by atoms with Crippen molar-refractivity contribution in [3.8, 4) is 0 Å². The summed E-state index contributed by atoms with van der Waals surface area (Å²) in [5.74, 6) is 1.21. The molecule has 114 valence electrons. The summed E-state index contributed by atoms with van der Waals surface area (Å²) in [6.45, 7) is 12.4. The van der Waals surface area contributed by atoms with Gasteiger partial charge in [0.25, 0.3) is 0 Å². The molecular formula is C18H31NS. The van der Waals surface area contributed by atoms with E-state index in [0.717, 1.165) is 18.2 Å². The minimum atomic E-state index is 0.591. The predicted octanol–water partition coefficient (Wildman–Crippen LogP) is 4.75. The zero-order valence-electron chi connectivity index (χ0n) is 13.8. The highest BCUT2D eigenvalue weighted by Gasteiger charge is 2.13. The van der Waals surface area contributed by atoms with Crippen LogP contribution in [0, 0.1) is 13.8 Å². The summed E-state index contributed by atoms with van der Waals surface area (Å²) in [5.41, 5.74) is 4.40. The molecule has 2 unspecified atom stereocenters. The molecule has 0 heterocycles. The van der Waals surface area contributed by atoms with E-state index >= 15 is 0 Å². The van der Waals surface area contributed by atoms with Gasteiger partial charge in [0.15, 0.2) is 0 Å². The van der Waals surface area contributed by atoms with E-state index in [4.69, 9.17) is 0 Å². The summed E-state index contributed by atoms with van der Waals surface area (Å²) in [6.07, 6.45) is 3.62. The maximum absolute atomic E-state index is 3.73. The van der Waals surface area contributed by atoms with Gasteiger partial charge in [-0.25, -0.2) is 0 Å². The van der Waals surface area contributed by atoms with Crippen LogP contribution in [0.1, 0.15) is 50.3 Å². The van der Waals surface area contributed by atoms with E-state index in [2.05, 4.69) is 69.9 Å². The van der Waals surface area contributed by atoms with Gasteiger partial charge in [-0.1, -0.05) is 39.0 Å². The van der Waals surface area contributed by atoms with Gasteiger partial charge in [0.1, 0.15) is 0 Å². The van der Waals surface area contributed by atoms with Crippen LogP contribution in [-0.4, -0.2) is 23.6 Å². The van der Waals surface area contributed by atoms with Gasteiger partial charge in [-0.15, -0.1) is 0 Å². The molecule has 0 amide bonds. The highest BCUT2D eigenvalue weighted by Crippen LogP contribution is 2.20. The van der Waals surface area contributed by atoms with Gasteiger partial charge in [-0.2, -0.15) is 11.8 Å². The molecule has 0 aliphatic heterocycles. The lowest BCUT2D eigenvalue weighted by atomic mass is 9.97. The molecule has 1 N–H and O–H groups in total. The van der Waals surface area contributed by atoms with Gasteiger partial charge in [0, 0.05) is 17.0 Å². The first kappa shape index (κ1) is 17.6. The van der Waals surface area contributed by atoms with Gasteiger partial charge >= 0.3 is 0 Å². The summed E-state index contributed by atoms with van der Waals surface area (Å²) >= 11 is 2.10. The molecule has 0 radical (unpaired) electrons. The average Bonchev–Trinajstić information content (AvgIpc) is 2.44. The Morgan fingerprint density at radius 3 is 2.35 bits per heavy atom. The number of nitrogens with one attached hydrogen (secondary N) is 1. The number of hydrogen-bond acceptors (Lipinski definition) is 2. The number of benzene rings is 1. The molecule has 2 atom stereocenters. The molecule has 0 bridgehead atoms. The molecule has 0 saturated carbocycles. The second-order valence-corrected chi connectivity index (χ2v) is 7.25. The average molecular weight is 294 g/mol. The number of aryl methyl sites for hydroxylation is 2. The van der Waals surface area contributed by atoms with E-state index in [1.54, 1.807) is 0 Å². The van der Waals surface area contributed by atoms with E-state index in [9.17, 15) is 0 Å². The van der Waals surface area contributed by atoms with Crippen molar-refractivity contribution in [3.05, 3.63) is 34.9 Å². The highest BCUT2D eigenvalue weighted by atomic mass is 32.2. The van der Waals surface area contributed by atoms with E-state index in [-0.39, 0.29) is 0 Å². The van der Waals surface area contributed by atoms with Crippen LogP contribution in [0.25, 0.3) is 0 Å². The first-order valence-corrected chi connectivity index (χ1v) is 9.03. The summed E-state index contributed by atoms with van der Waals surface area (Å²) in [4.78, 5) is 0. The number of thioether (sulfide) groups is 1. The minimum absolute atomic E-state index is 0.591. The molecule has 0 saturated heterocycles. The molecule has 0 aliphatic carbocycles. The third kappa shape index (κ3) is 5.88. The van der Waals surface area contributed by atoms with E-state index in [1.165, 1.54) is 35.3 Å². The molecule has 1 aromatic carbocycles. The van der Waals surface area contributed by atoms with E-state index in [0.29, 0.717) is 6.04 Å². The van der Waals surface area contributed by atoms with Gasteiger partial charge in [0.2, 0.25) is 0 Å². The standard InChI is InChI=1S/C18H31NS/c1-6-11-19-17(13-20-16(5)7-2)12-18-14(3)9-8-10-15(18)4/h8-10,16-17,19H,6-7,11-13H2,1-5H3. The van der Waals surface area contributed by atoms with Crippen LogP contribution in [0.15, 0.2) is 18.2 Å². The summed E-state index contributed by atoms with van der Waals surface area (Å²) in [6, 6.07) is 7.23. The molecular weight excluding hydrogens is 262 g/mol. The van der Waals surface area contributed by atoms with Gasteiger partial charge in [-0.05, 0) is 56.3 Å². The van der Waals surface area contributed by atoms with Crippen LogP contribution >= 0.6 is 11.8 Å². The van der Waals surface area contributed by atoms with E-state index < -0.39 is 0 Å². The zero-order chi connectivity index (χ0) is 15.0. The Hall–Kier alpha value is -0.470. The normalized spacial score (nSPS) is 14.2. The SMILES string of the molecule is CCCNC(CSC(C)CC)Cc1c(C)cccc1C. The second kappa shape index (κ2) is 9.46. The third-order valence-corrected chi connectivity index (χ3v) is 5.43. The van der Waals surface area contributed by atoms with Gasteiger partial charge in [-0.3, -0.25) is 0 Å². The topological polar surface area (TPSA) is 12.0 Å². The fourth-order valence-electron chi connectivity index (χ4n) is 2.35. The second-order valence-electron chi connectivity index (χ2n) is 5.78. The molecule has 0 aromatic heterocycles. The van der Waals surface area contributed by atoms with Crippen LogP contribution in [0.4, 0.5) is 0 Å². The zero-order valence-corrected chi connectivity index (χ0v) is 14.6. The Kier molecular flexibility index (Phi) is 8.32. The monoisotopic (exact) mass is 293 g/mol. The summed E-state index contributed by atoms with van der Waals surface area (Å²) < 4.78 is 0. The van der Waals surface area contributed by atoms with Crippen molar-refractivity contribution in [1.29, 1.82) is 0 Å². The summed E-state index contributed by atoms with van der Waals surface area (Å²) in [5, 5.41) is 4.49. The first-order chi connectivity index (χ1) is 9.58. The molecule has 0 aliphatic rings. The van der Waals surface area contributed by atoms with Crippen molar-refractivity contribution in [2.75, 3.05) is 12.3 Å². The Morgan fingerprint density at radius 1 is 1.15 bits per heavy atom. The Labute approximate surface area is 129 Å². The maximum atomic E-state index is 3.73. The van der Waals surface area contributed by atoms with Crippen LogP contribution in [0.2, 0.25) is 0 Å². The van der Waals surface area contributed by atoms with Crippen molar-refractivity contribution in [2.24, 2.45) is 0 Å². The van der Waals surface area contributed by atoms with Crippen LogP contribution in [0.5, 0.6) is 0 Å². The van der Waals surface area contributed by atoms with Crippen molar-refractivity contribution in [1.82, 2.24) is 5.32 Å². The quantitative estimate of drug-likeness (QED) is 0.705.